The van der Waals surface area contributed by atoms with Crippen molar-refractivity contribution in [3.05, 3.63) is 41.1 Å². The number of carbonyl (C=O) groups is 1. The molecule has 0 aliphatic carbocycles. The molecule has 0 N–H and O–H groups in total. The largest absolute Gasteiger partial charge is 0.467 e. The van der Waals surface area contributed by atoms with Crippen LogP contribution < -0.4 is 0 Å². The molecule has 9 nitrogen and oxygen atoms in total. The lowest BCUT2D eigenvalue weighted by molar-refractivity contribution is 0.0659. The molecule has 2 aromatic rings. The van der Waals surface area contributed by atoms with Gasteiger partial charge in [0, 0.05) is 6.04 Å². The first kappa shape index (κ1) is 21.7. The highest BCUT2D eigenvalue weighted by molar-refractivity contribution is 7.91. The van der Waals surface area contributed by atoms with Crippen molar-refractivity contribution in [1.29, 1.82) is 0 Å². The average molecular weight is 462 g/mol. The molecule has 1 amide bonds. The fraction of sp³-hybridized carbons (Fsp3) is 0.471. The summed E-state index contributed by atoms with van der Waals surface area (Å²) in [6.07, 6.45) is 3.14. The number of aromatic nitrogens is 2. The van der Waals surface area contributed by atoms with E-state index in [9.17, 15) is 21.6 Å². The maximum Gasteiger partial charge on any atom is 0.274 e. The number of carbonyl (C=O) groups excluding carboxylic acids is 1. The molecule has 0 aromatic carbocycles. The van der Waals surface area contributed by atoms with Crippen LogP contribution in [-0.4, -0.2) is 60.9 Å². The highest BCUT2D eigenvalue weighted by atomic mass is 35.5. The minimum atomic E-state index is -3.76. The Hall–Kier alpha value is -1.98. The van der Waals surface area contributed by atoms with Gasteiger partial charge in [0.1, 0.15) is 5.76 Å². The lowest BCUT2D eigenvalue weighted by Crippen LogP contribution is -2.41. The average Bonchev–Trinajstić information content (AvgIpc) is 3.28. The summed E-state index contributed by atoms with van der Waals surface area (Å²) in [6.45, 7) is 1.70. The topological polar surface area (TPSA) is 128 Å². The third kappa shape index (κ3) is 4.96. The SMILES string of the molecule is CCCS(=O)(=O)c1ncc(Cl)c(C(=O)N(Cc2ccco2)[C@H]2CCS(=O)(=O)C2)n1. The zero-order valence-corrected chi connectivity index (χ0v) is 18.0. The van der Waals surface area contributed by atoms with Crippen molar-refractivity contribution >= 4 is 37.2 Å². The Morgan fingerprint density at radius 1 is 1.41 bits per heavy atom. The van der Waals surface area contributed by atoms with Gasteiger partial charge in [-0.2, -0.15) is 0 Å². The highest BCUT2D eigenvalue weighted by Crippen LogP contribution is 2.25. The standard InChI is InChI=1S/C17H20ClN3O6S2/c1-2-7-29(25,26)17-19-9-14(18)15(20-17)16(22)21(10-13-4-3-6-27-13)12-5-8-28(23,24)11-12/h3-4,6,9,12H,2,5,7-8,10-11H2,1H3/t12-/m0/s1. The monoisotopic (exact) mass is 461 g/mol. The lowest BCUT2D eigenvalue weighted by atomic mass is 10.2. The molecule has 158 valence electrons. The van der Waals surface area contributed by atoms with Crippen LogP contribution in [0.2, 0.25) is 5.02 Å². The summed E-state index contributed by atoms with van der Waals surface area (Å²) in [4.78, 5) is 22.2. The van der Waals surface area contributed by atoms with Crippen LogP contribution in [0.5, 0.6) is 0 Å². The fourth-order valence-electron chi connectivity index (χ4n) is 3.11. The van der Waals surface area contributed by atoms with Crippen molar-refractivity contribution in [3.8, 4) is 0 Å². The number of hydrogen-bond donors (Lipinski definition) is 0. The van der Waals surface area contributed by atoms with Crippen molar-refractivity contribution in [2.45, 2.75) is 37.5 Å². The number of furan rings is 1. The van der Waals surface area contributed by atoms with Crippen LogP contribution in [0.3, 0.4) is 0 Å². The Bertz CT molecular complexity index is 1100. The Morgan fingerprint density at radius 2 is 2.17 bits per heavy atom. The smallest absolute Gasteiger partial charge is 0.274 e. The molecule has 0 radical (unpaired) electrons. The molecule has 1 atom stereocenters. The van der Waals surface area contributed by atoms with Gasteiger partial charge in [0.25, 0.3) is 5.91 Å². The van der Waals surface area contributed by atoms with Gasteiger partial charge in [-0.3, -0.25) is 4.79 Å². The van der Waals surface area contributed by atoms with Crippen LogP contribution in [0.25, 0.3) is 0 Å². The molecule has 1 saturated heterocycles. The quantitative estimate of drug-likeness (QED) is 0.570. The van der Waals surface area contributed by atoms with E-state index in [1.54, 1.807) is 19.1 Å². The lowest BCUT2D eigenvalue weighted by Gasteiger charge is -2.27. The Morgan fingerprint density at radius 3 is 2.76 bits per heavy atom. The molecule has 1 aliphatic rings. The second kappa shape index (κ2) is 8.41. The highest BCUT2D eigenvalue weighted by Gasteiger charge is 2.37. The van der Waals surface area contributed by atoms with Gasteiger partial charge in [0.05, 0.1) is 41.3 Å². The zero-order valence-electron chi connectivity index (χ0n) is 15.6. The molecule has 1 aliphatic heterocycles. The third-order valence-corrected chi connectivity index (χ3v) is 8.22. The van der Waals surface area contributed by atoms with Gasteiger partial charge in [-0.05, 0) is 25.0 Å². The fourth-order valence-corrected chi connectivity index (χ4v) is 6.17. The molecule has 3 heterocycles. The number of hydrogen-bond acceptors (Lipinski definition) is 8. The van der Waals surface area contributed by atoms with Gasteiger partial charge in [-0.15, -0.1) is 0 Å². The van der Waals surface area contributed by atoms with Crippen molar-refractivity contribution in [2.24, 2.45) is 0 Å². The predicted molar refractivity (Wildman–Crippen MR) is 105 cm³/mol. The normalized spacial score (nSPS) is 18.6. The molecule has 0 bridgehead atoms. The first-order valence-electron chi connectivity index (χ1n) is 8.92. The van der Waals surface area contributed by atoms with Crippen molar-refractivity contribution in [1.82, 2.24) is 14.9 Å². The first-order valence-corrected chi connectivity index (χ1v) is 12.8. The van der Waals surface area contributed by atoms with Gasteiger partial charge in [0.15, 0.2) is 15.5 Å². The van der Waals surface area contributed by atoms with Crippen molar-refractivity contribution < 1.29 is 26.0 Å². The van der Waals surface area contributed by atoms with E-state index in [-0.39, 0.29) is 40.9 Å². The van der Waals surface area contributed by atoms with E-state index < -0.39 is 36.8 Å². The summed E-state index contributed by atoms with van der Waals surface area (Å²) < 4.78 is 53.8. The van der Waals surface area contributed by atoms with Crippen LogP contribution in [0.15, 0.2) is 34.2 Å². The van der Waals surface area contributed by atoms with E-state index in [1.165, 1.54) is 11.2 Å². The van der Waals surface area contributed by atoms with E-state index in [4.69, 9.17) is 16.0 Å². The Balaban J connectivity index is 1.99. The summed E-state index contributed by atoms with van der Waals surface area (Å²) in [5.41, 5.74) is -0.285. The number of halogens is 1. The van der Waals surface area contributed by atoms with Crippen LogP contribution in [0.1, 0.15) is 36.0 Å². The summed E-state index contributed by atoms with van der Waals surface area (Å²) in [5.74, 6) is -0.620. The van der Waals surface area contributed by atoms with Crippen LogP contribution in [0, 0.1) is 0 Å². The van der Waals surface area contributed by atoms with E-state index in [0.717, 1.165) is 6.20 Å². The number of rotatable bonds is 7. The van der Waals surface area contributed by atoms with Gasteiger partial charge < -0.3 is 9.32 Å². The first-order chi connectivity index (χ1) is 13.6. The molecule has 12 heteroatoms. The van der Waals surface area contributed by atoms with Gasteiger partial charge >= 0.3 is 0 Å². The Kier molecular flexibility index (Phi) is 6.30. The molecule has 1 fully saturated rings. The van der Waals surface area contributed by atoms with E-state index in [1.807, 2.05) is 0 Å². The third-order valence-electron chi connectivity index (χ3n) is 4.49. The molecule has 29 heavy (non-hydrogen) atoms. The molecule has 2 aromatic heterocycles. The Labute approximate surface area is 173 Å². The van der Waals surface area contributed by atoms with Gasteiger partial charge in [-0.1, -0.05) is 18.5 Å². The number of sulfone groups is 2. The second-order valence-electron chi connectivity index (χ2n) is 6.74. The maximum atomic E-state index is 13.2. The van der Waals surface area contributed by atoms with Crippen LogP contribution in [-0.2, 0) is 26.2 Å². The predicted octanol–water partition coefficient (Wildman–Crippen LogP) is 1.74. The molecule has 0 spiro atoms. The van der Waals surface area contributed by atoms with Crippen molar-refractivity contribution in [3.63, 3.8) is 0 Å². The summed E-state index contributed by atoms with van der Waals surface area (Å²) in [7, 11) is -7.03. The van der Waals surface area contributed by atoms with Crippen LogP contribution >= 0.6 is 11.6 Å². The maximum absolute atomic E-state index is 13.2. The summed E-state index contributed by atoms with van der Waals surface area (Å²) in [5, 5.41) is -0.597. The minimum Gasteiger partial charge on any atom is -0.467 e. The zero-order chi connectivity index (χ0) is 21.2. The molecular formula is C17H20ClN3O6S2. The minimum absolute atomic E-state index is 0.00337. The molecular weight excluding hydrogens is 442 g/mol. The van der Waals surface area contributed by atoms with E-state index in [2.05, 4.69) is 9.97 Å². The van der Waals surface area contributed by atoms with Crippen LogP contribution in [0.4, 0.5) is 0 Å². The van der Waals surface area contributed by atoms with Gasteiger partial charge in [-0.25, -0.2) is 26.8 Å². The molecule has 0 unspecified atom stereocenters. The summed E-state index contributed by atoms with van der Waals surface area (Å²) in [6, 6.07) is 2.71. The molecule has 3 rings (SSSR count). The van der Waals surface area contributed by atoms with E-state index >= 15 is 0 Å². The van der Waals surface area contributed by atoms with Crippen molar-refractivity contribution in [2.75, 3.05) is 17.3 Å². The number of amides is 1. The van der Waals surface area contributed by atoms with E-state index in [0.29, 0.717) is 12.2 Å². The molecule has 0 saturated carbocycles. The second-order valence-corrected chi connectivity index (χ2v) is 11.4. The van der Waals surface area contributed by atoms with Gasteiger partial charge in [0.2, 0.25) is 15.0 Å². The summed E-state index contributed by atoms with van der Waals surface area (Å²) >= 11 is 6.10. The number of nitrogens with zero attached hydrogens (tertiary/aromatic N) is 3.